The molecule has 0 aromatic carbocycles. The van der Waals surface area contributed by atoms with E-state index in [1.807, 2.05) is 17.6 Å². The van der Waals surface area contributed by atoms with E-state index in [-0.39, 0.29) is 18.2 Å². The molecule has 0 unspecified atom stereocenters. The Labute approximate surface area is 254 Å². The van der Waals surface area contributed by atoms with Crippen LogP contribution in [0.25, 0.3) is 16.9 Å². The Morgan fingerprint density at radius 2 is 1.80 bits per heavy atom. The molecule has 0 aliphatic carbocycles. The van der Waals surface area contributed by atoms with Crippen molar-refractivity contribution < 1.29 is 28.6 Å². The summed E-state index contributed by atoms with van der Waals surface area (Å²) in [7, 11) is 2.66. The van der Waals surface area contributed by atoms with E-state index in [1.165, 1.54) is 14.2 Å². The van der Waals surface area contributed by atoms with Crippen molar-refractivity contribution in [3.8, 4) is 11.4 Å². The molecule has 2 N–H and O–H groups in total. The Balaban J connectivity index is 1.31. The average Bonchev–Trinajstić information content (AvgIpc) is 3.45. The van der Waals surface area contributed by atoms with Crippen molar-refractivity contribution in [1.29, 1.82) is 0 Å². The van der Waals surface area contributed by atoms with E-state index < -0.39 is 12.0 Å². The molecule has 3 amide bonds. The molecule has 0 bridgehead atoms. The van der Waals surface area contributed by atoms with Crippen molar-refractivity contribution in [3.05, 3.63) is 48.0 Å². The van der Waals surface area contributed by atoms with E-state index in [0.29, 0.717) is 70.7 Å². The maximum Gasteiger partial charge on any atom is 0.412 e. The van der Waals surface area contributed by atoms with Crippen molar-refractivity contribution in [2.24, 2.45) is 0 Å². The number of amides is 3. The Kier molecular flexibility index (Phi) is 9.55. The summed E-state index contributed by atoms with van der Waals surface area (Å²) < 4.78 is 16.9. The van der Waals surface area contributed by atoms with Gasteiger partial charge in [-0.1, -0.05) is 6.58 Å². The number of carbonyl (C=O) groups is 3. The number of nitrogens with zero attached hydrogens (tertiary/aromatic N) is 7. The minimum Gasteiger partial charge on any atom is -0.492 e. The van der Waals surface area contributed by atoms with Gasteiger partial charge in [-0.05, 0) is 30.2 Å². The third-order valence-electron chi connectivity index (χ3n) is 7.61. The summed E-state index contributed by atoms with van der Waals surface area (Å²) >= 11 is 0. The van der Waals surface area contributed by atoms with Gasteiger partial charge >= 0.3 is 6.09 Å². The number of nitrogens with one attached hydrogen (secondary N) is 2. The molecule has 2 fully saturated rings. The van der Waals surface area contributed by atoms with Gasteiger partial charge in [0.15, 0.2) is 17.4 Å². The fourth-order valence-corrected chi connectivity index (χ4v) is 5.13. The highest BCUT2D eigenvalue weighted by molar-refractivity contribution is 5.93. The Morgan fingerprint density at radius 1 is 1.05 bits per heavy atom. The number of methoxy groups -OCH3 is 2. The maximum absolute atomic E-state index is 12.6. The first-order valence-corrected chi connectivity index (χ1v) is 14.3. The number of ether oxygens (including phenoxy) is 3. The number of hydrogen-bond donors (Lipinski definition) is 2. The molecule has 3 aromatic rings. The van der Waals surface area contributed by atoms with Crippen LogP contribution >= 0.6 is 0 Å². The molecule has 44 heavy (non-hydrogen) atoms. The number of pyridine rings is 1. The third-order valence-corrected chi connectivity index (χ3v) is 7.61. The molecule has 0 atom stereocenters. The zero-order valence-corrected chi connectivity index (χ0v) is 25.2. The largest absolute Gasteiger partial charge is 0.492 e. The van der Waals surface area contributed by atoms with Crippen LogP contribution in [0.2, 0.25) is 0 Å². The van der Waals surface area contributed by atoms with Gasteiger partial charge < -0.3 is 29.3 Å². The van der Waals surface area contributed by atoms with Crippen molar-refractivity contribution in [2.75, 3.05) is 83.5 Å². The second-order valence-electron chi connectivity index (χ2n) is 10.5. The molecule has 0 saturated carbocycles. The van der Waals surface area contributed by atoms with Crippen LogP contribution in [-0.2, 0) is 30.3 Å². The molecule has 2 aliphatic rings. The van der Waals surface area contributed by atoms with E-state index in [1.54, 1.807) is 17.2 Å². The lowest BCUT2D eigenvalue weighted by Gasteiger charge is -2.34. The van der Waals surface area contributed by atoms with E-state index in [0.717, 1.165) is 28.0 Å². The standard InChI is InChI=1S/C29H37N9O6/c1-19-13-24(32-29(41)43-4)30-15-22(19)26-33-27(37-9-11-44-12-10-37)23-14-21(18-38(23)34-26)17-35-5-7-36(8-6-35)25(39)16-31-28(40)20(2)42-3/h13-15,18H,2,5-12,16-17H2,1,3-4H3,(H,31,40)(H,30,32,41). The monoisotopic (exact) mass is 607 g/mol. The fourth-order valence-electron chi connectivity index (χ4n) is 5.13. The number of carbonyl (C=O) groups excluding carboxylic acids is 3. The number of aromatic nitrogens is 4. The minimum atomic E-state index is -0.595. The van der Waals surface area contributed by atoms with Crippen LogP contribution in [0.3, 0.4) is 0 Å². The van der Waals surface area contributed by atoms with Crippen LogP contribution in [0.4, 0.5) is 16.4 Å². The van der Waals surface area contributed by atoms with Gasteiger partial charge in [0, 0.05) is 63.8 Å². The fraction of sp³-hybridized carbons (Fsp3) is 0.448. The van der Waals surface area contributed by atoms with Crippen molar-refractivity contribution in [2.45, 2.75) is 13.5 Å². The SMILES string of the molecule is C=C(OC)C(=O)NCC(=O)N1CCN(Cc2cc3c(N4CCOCC4)nc(-c4cnc(NC(=O)OC)cc4C)nn3c2)CC1. The molecule has 2 saturated heterocycles. The lowest BCUT2D eigenvalue weighted by Crippen LogP contribution is -2.50. The summed E-state index contributed by atoms with van der Waals surface area (Å²) in [6.45, 7) is 11.1. The highest BCUT2D eigenvalue weighted by atomic mass is 16.5. The molecule has 3 aromatic heterocycles. The number of morpholine rings is 1. The summed E-state index contributed by atoms with van der Waals surface area (Å²) in [6.07, 6.45) is 3.06. The minimum absolute atomic E-state index is 0.0335. The van der Waals surface area contributed by atoms with E-state index in [2.05, 4.69) is 42.8 Å². The lowest BCUT2D eigenvalue weighted by molar-refractivity contribution is -0.134. The van der Waals surface area contributed by atoms with Crippen molar-refractivity contribution in [1.82, 2.24) is 34.7 Å². The second kappa shape index (κ2) is 13.7. The Hall–Kier alpha value is -4.76. The predicted molar refractivity (Wildman–Crippen MR) is 161 cm³/mol. The smallest absolute Gasteiger partial charge is 0.412 e. The summed E-state index contributed by atoms with van der Waals surface area (Å²) in [4.78, 5) is 51.6. The molecular formula is C29H37N9O6. The number of anilines is 2. The molecule has 15 heteroatoms. The molecule has 15 nitrogen and oxygen atoms in total. The van der Waals surface area contributed by atoms with E-state index in [9.17, 15) is 14.4 Å². The van der Waals surface area contributed by atoms with Crippen LogP contribution < -0.4 is 15.5 Å². The molecule has 0 radical (unpaired) electrons. The zero-order chi connectivity index (χ0) is 31.2. The van der Waals surface area contributed by atoms with Gasteiger partial charge in [-0.15, -0.1) is 5.10 Å². The quantitative estimate of drug-likeness (QED) is 0.265. The molecule has 5 rings (SSSR count). The number of aryl methyl sites for hydroxylation is 1. The van der Waals surface area contributed by atoms with Gasteiger partial charge in [-0.2, -0.15) is 0 Å². The highest BCUT2D eigenvalue weighted by Crippen LogP contribution is 2.28. The van der Waals surface area contributed by atoms with Crippen molar-refractivity contribution in [3.63, 3.8) is 0 Å². The summed E-state index contributed by atoms with van der Waals surface area (Å²) in [5.74, 6) is 1.03. The first kappa shape index (κ1) is 30.7. The van der Waals surface area contributed by atoms with Crippen molar-refractivity contribution >= 4 is 35.1 Å². The van der Waals surface area contributed by atoms with Crippen LogP contribution in [0, 0.1) is 6.92 Å². The summed E-state index contributed by atoms with van der Waals surface area (Å²) in [5, 5.41) is 9.97. The average molecular weight is 608 g/mol. The number of rotatable bonds is 9. The van der Waals surface area contributed by atoms with E-state index >= 15 is 0 Å². The maximum atomic E-state index is 12.6. The molecular weight excluding hydrogens is 570 g/mol. The topological polar surface area (TPSA) is 156 Å². The van der Waals surface area contributed by atoms with Crippen LogP contribution in [0.15, 0.2) is 36.9 Å². The zero-order valence-electron chi connectivity index (χ0n) is 25.2. The third kappa shape index (κ3) is 7.06. The Morgan fingerprint density at radius 3 is 2.48 bits per heavy atom. The summed E-state index contributed by atoms with van der Waals surface area (Å²) in [5.41, 5.74) is 3.56. The number of piperazine rings is 1. The lowest BCUT2D eigenvalue weighted by atomic mass is 10.1. The highest BCUT2D eigenvalue weighted by Gasteiger charge is 2.24. The van der Waals surface area contributed by atoms with E-state index in [4.69, 9.17) is 19.6 Å². The van der Waals surface area contributed by atoms with Crippen LogP contribution in [0.1, 0.15) is 11.1 Å². The molecule has 234 valence electrons. The van der Waals surface area contributed by atoms with Gasteiger partial charge in [-0.25, -0.2) is 19.3 Å². The molecule has 2 aliphatic heterocycles. The molecule has 0 spiro atoms. The number of fused-ring (bicyclic) bond motifs is 1. The van der Waals surface area contributed by atoms with Gasteiger partial charge in [-0.3, -0.25) is 19.8 Å². The van der Waals surface area contributed by atoms with Gasteiger partial charge in [0.1, 0.15) is 11.3 Å². The Bertz CT molecular complexity index is 1540. The van der Waals surface area contributed by atoms with Gasteiger partial charge in [0.25, 0.3) is 5.91 Å². The first-order chi connectivity index (χ1) is 21.2. The normalized spacial score (nSPS) is 15.6. The van der Waals surface area contributed by atoms with Crippen LogP contribution in [-0.4, -0.2) is 121 Å². The second-order valence-corrected chi connectivity index (χ2v) is 10.5. The first-order valence-electron chi connectivity index (χ1n) is 14.3. The molecule has 5 heterocycles. The van der Waals surface area contributed by atoms with Gasteiger partial charge in [0.2, 0.25) is 5.91 Å². The predicted octanol–water partition coefficient (Wildman–Crippen LogP) is 1.04. The summed E-state index contributed by atoms with van der Waals surface area (Å²) in [6, 6.07) is 3.86. The number of hydrogen-bond acceptors (Lipinski definition) is 11. The van der Waals surface area contributed by atoms with Crippen LogP contribution in [0.5, 0.6) is 0 Å². The van der Waals surface area contributed by atoms with Gasteiger partial charge in [0.05, 0.1) is 34.0 Å².